The summed E-state index contributed by atoms with van der Waals surface area (Å²) < 4.78 is 7.63. The zero-order valence-electron chi connectivity index (χ0n) is 10.5. The maximum absolute atomic E-state index is 7.63. The molecule has 1 aromatic rings. The minimum atomic E-state index is 0.634. The van der Waals surface area contributed by atoms with E-state index in [9.17, 15) is 0 Å². The summed E-state index contributed by atoms with van der Waals surface area (Å²) in [6, 6.07) is 11.1. The Kier molecular flexibility index (Phi) is 5.53. The molecule has 1 rings (SSSR count). The molecule has 0 nitrogen and oxygen atoms in total. The predicted molar refractivity (Wildman–Crippen MR) is 66.9 cm³/mol. The third-order valence-corrected chi connectivity index (χ3v) is 2.28. The van der Waals surface area contributed by atoms with Crippen molar-refractivity contribution in [3.05, 3.63) is 53.8 Å². The van der Waals surface area contributed by atoms with Crippen LogP contribution in [0.3, 0.4) is 0 Å². The second-order valence-corrected chi connectivity index (χ2v) is 3.65. The van der Waals surface area contributed by atoms with Crippen LogP contribution < -0.4 is 0 Å². The van der Waals surface area contributed by atoms with Crippen molar-refractivity contribution in [2.24, 2.45) is 0 Å². The Bertz CT molecular complexity index is 345. The molecule has 1 aromatic carbocycles. The lowest BCUT2D eigenvalue weighted by molar-refractivity contribution is 0.815. The molecule has 80 valence electrons. The number of unbranched alkanes of at least 4 members (excludes halogenated alkanes) is 1. The van der Waals surface area contributed by atoms with Crippen LogP contribution in [0.15, 0.2) is 48.2 Å². The van der Waals surface area contributed by atoms with Gasteiger partial charge in [-0.3, -0.25) is 0 Å². The summed E-state index contributed by atoms with van der Waals surface area (Å²) in [5.41, 5.74) is 4.39. The van der Waals surface area contributed by atoms with Crippen LogP contribution >= 0.6 is 0 Å². The van der Waals surface area contributed by atoms with E-state index < -0.39 is 0 Å². The Labute approximate surface area is 94.7 Å². The van der Waals surface area contributed by atoms with Crippen molar-refractivity contribution >= 4 is 0 Å². The molecule has 0 heteroatoms. The van der Waals surface area contributed by atoms with Crippen LogP contribution in [0.4, 0.5) is 0 Å². The van der Waals surface area contributed by atoms with Crippen molar-refractivity contribution in [2.45, 2.75) is 39.0 Å². The van der Waals surface area contributed by atoms with Crippen molar-refractivity contribution < 1.29 is 1.37 Å². The first-order valence-corrected chi connectivity index (χ1v) is 5.77. The molecule has 0 amide bonds. The van der Waals surface area contributed by atoms with Gasteiger partial charge in [-0.1, -0.05) is 43.7 Å². The summed E-state index contributed by atoms with van der Waals surface area (Å²) in [7, 11) is 0. The highest BCUT2D eigenvalue weighted by Crippen LogP contribution is 2.02. The fraction of sp³-hybridized carbons (Fsp3) is 0.400. The lowest BCUT2D eigenvalue weighted by Crippen LogP contribution is -1.80. The van der Waals surface area contributed by atoms with E-state index in [4.69, 9.17) is 1.37 Å². The van der Waals surface area contributed by atoms with Crippen molar-refractivity contribution in [1.29, 1.82) is 0 Å². The highest BCUT2D eigenvalue weighted by atomic mass is 13.9. The van der Waals surface area contributed by atoms with E-state index in [1.807, 2.05) is 12.1 Å². The van der Waals surface area contributed by atoms with E-state index in [1.165, 1.54) is 5.56 Å². The Balaban J connectivity index is 2.32. The van der Waals surface area contributed by atoms with Gasteiger partial charge < -0.3 is 0 Å². The van der Waals surface area contributed by atoms with Crippen LogP contribution in [0.1, 0.15) is 39.5 Å². The van der Waals surface area contributed by atoms with Crippen LogP contribution in [0, 0.1) is 0 Å². The van der Waals surface area contributed by atoms with Crippen LogP contribution in [-0.4, -0.2) is 0 Å². The highest BCUT2D eigenvalue weighted by Gasteiger charge is 1.86. The summed E-state index contributed by atoms with van der Waals surface area (Å²) in [5, 5.41) is 0. The molecule has 15 heavy (non-hydrogen) atoms. The van der Waals surface area contributed by atoms with Crippen molar-refractivity contribution in [3.8, 4) is 0 Å². The largest absolute Gasteiger partial charge is 0.130 e. The third-order valence-electron chi connectivity index (χ3n) is 2.28. The minimum absolute atomic E-state index is 0.634. The van der Waals surface area contributed by atoms with Gasteiger partial charge in [0.25, 0.3) is 0 Å². The molecule has 0 bridgehead atoms. The molecule has 0 saturated heterocycles. The SMILES string of the molecule is [2H]C(=C=CCCc1ccccc1)CCCC. The Morgan fingerprint density at radius 3 is 2.80 bits per heavy atom. The maximum atomic E-state index is 7.63. The van der Waals surface area contributed by atoms with Crippen molar-refractivity contribution in [1.82, 2.24) is 0 Å². The normalized spacial score (nSPS) is 10.3. The zero-order chi connectivity index (χ0) is 11.6. The molecule has 0 atom stereocenters. The van der Waals surface area contributed by atoms with Crippen LogP contribution in [0.2, 0.25) is 0 Å². The van der Waals surface area contributed by atoms with Crippen molar-refractivity contribution in [3.63, 3.8) is 0 Å². The number of benzene rings is 1. The quantitative estimate of drug-likeness (QED) is 0.594. The van der Waals surface area contributed by atoms with Crippen LogP contribution in [0.5, 0.6) is 0 Å². The predicted octanol–water partition coefficient (Wildman–Crippen LogP) is 4.52. The molecule has 0 saturated carbocycles. The van der Waals surface area contributed by atoms with E-state index in [2.05, 4.69) is 36.9 Å². The topological polar surface area (TPSA) is 0 Å². The summed E-state index contributed by atoms with van der Waals surface area (Å²) in [5.74, 6) is 0. The number of hydrogen-bond acceptors (Lipinski definition) is 0. The molecule has 0 radical (unpaired) electrons. The lowest BCUT2D eigenvalue weighted by Gasteiger charge is -1.94. The molecule has 0 unspecified atom stereocenters. The van der Waals surface area contributed by atoms with Gasteiger partial charge in [0.05, 0.1) is 1.37 Å². The summed E-state index contributed by atoms with van der Waals surface area (Å²) in [6.45, 7) is 2.15. The second-order valence-electron chi connectivity index (χ2n) is 3.65. The van der Waals surface area contributed by atoms with E-state index >= 15 is 0 Å². The molecule has 0 spiro atoms. The first-order valence-electron chi connectivity index (χ1n) is 6.27. The van der Waals surface area contributed by atoms with E-state index in [0.717, 1.165) is 32.1 Å². The Morgan fingerprint density at radius 2 is 2.07 bits per heavy atom. The fourth-order valence-corrected chi connectivity index (χ4v) is 1.37. The molecule has 0 heterocycles. The third kappa shape index (κ3) is 5.93. The van der Waals surface area contributed by atoms with Gasteiger partial charge in [-0.2, -0.15) is 0 Å². The van der Waals surface area contributed by atoms with E-state index in [-0.39, 0.29) is 0 Å². The van der Waals surface area contributed by atoms with Gasteiger partial charge in [0.2, 0.25) is 0 Å². The first kappa shape index (κ1) is 10.3. The summed E-state index contributed by atoms with van der Waals surface area (Å²) >= 11 is 0. The molecule has 0 aliphatic carbocycles. The standard InChI is InChI=1S/C15H20/c1-2-3-4-5-6-7-9-12-15-13-10-8-11-14-15/h5,7-8,10-11,13-14H,2-4,9,12H2,1H3/i5D. The molecule has 0 aromatic heterocycles. The number of aryl methyl sites for hydroxylation is 1. The van der Waals surface area contributed by atoms with Crippen molar-refractivity contribution in [2.75, 3.05) is 0 Å². The average molecular weight is 201 g/mol. The van der Waals surface area contributed by atoms with E-state index in [0.29, 0.717) is 6.05 Å². The minimum Gasteiger partial charge on any atom is -0.130 e. The molecule has 0 aliphatic rings. The zero-order valence-corrected chi connectivity index (χ0v) is 9.50. The molecule has 0 N–H and O–H groups in total. The summed E-state index contributed by atoms with van der Waals surface area (Å²) in [4.78, 5) is 0. The maximum Gasteiger partial charge on any atom is 0.0666 e. The summed E-state index contributed by atoms with van der Waals surface area (Å²) in [6.07, 6.45) is 7.10. The van der Waals surface area contributed by atoms with Crippen LogP contribution in [-0.2, 0) is 6.42 Å². The lowest BCUT2D eigenvalue weighted by atomic mass is 10.1. The molecular formula is C15H20. The van der Waals surface area contributed by atoms with Gasteiger partial charge in [-0.25, -0.2) is 0 Å². The Morgan fingerprint density at radius 1 is 1.27 bits per heavy atom. The second kappa shape index (κ2) is 8.08. The Hall–Kier alpha value is -1.26. The van der Waals surface area contributed by atoms with Gasteiger partial charge in [0.15, 0.2) is 0 Å². The highest BCUT2D eigenvalue weighted by molar-refractivity contribution is 5.15. The van der Waals surface area contributed by atoms with Gasteiger partial charge in [0, 0.05) is 0 Å². The fourth-order valence-electron chi connectivity index (χ4n) is 1.37. The van der Waals surface area contributed by atoms with Crippen LogP contribution in [0.25, 0.3) is 0 Å². The average Bonchev–Trinajstić information content (AvgIpc) is 2.33. The number of rotatable bonds is 6. The smallest absolute Gasteiger partial charge is 0.0666 e. The van der Waals surface area contributed by atoms with Gasteiger partial charge in [-0.05, 0) is 43.4 Å². The van der Waals surface area contributed by atoms with Gasteiger partial charge in [0.1, 0.15) is 0 Å². The first-order chi connectivity index (χ1) is 7.83. The molecule has 0 fully saturated rings. The number of allylic oxidation sites excluding steroid dienone is 1. The van der Waals surface area contributed by atoms with E-state index in [1.54, 1.807) is 0 Å². The molecular weight excluding hydrogens is 180 g/mol. The number of hydrogen-bond donors (Lipinski definition) is 0. The monoisotopic (exact) mass is 201 g/mol. The van der Waals surface area contributed by atoms with Gasteiger partial charge >= 0.3 is 0 Å². The van der Waals surface area contributed by atoms with Gasteiger partial charge in [-0.15, -0.1) is 5.73 Å². The molecule has 0 aliphatic heterocycles.